The lowest BCUT2D eigenvalue weighted by Crippen LogP contribution is -2.38. The summed E-state index contributed by atoms with van der Waals surface area (Å²) in [6.07, 6.45) is 0. The van der Waals surface area contributed by atoms with Crippen molar-refractivity contribution >= 4 is 69.2 Å². The zero-order valence-electron chi connectivity index (χ0n) is 30.3. The first kappa shape index (κ1) is 43.3. The van der Waals surface area contributed by atoms with E-state index in [1.807, 2.05) is 99.6 Å². The number of ether oxygens (including phenoxy) is 2. The Kier molecular flexibility index (Phi) is 14.8. The number of benzene rings is 3. The predicted octanol–water partition coefficient (Wildman–Crippen LogP) is 11.0. The van der Waals surface area contributed by atoms with E-state index in [1.165, 1.54) is 18.9 Å². The summed E-state index contributed by atoms with van der Waals surface area (Å²) in [5.41, 5.74) is 8.66. The SMILES string of the molecule is C.COC(=O)C(C(=O)C(C)(C)SCc1ccc(OC)cc1)c1c(Cl)cc(C)c(C)c1C.Cc1cc(Cl)c(C2=C(O)C(C)(C)SC2=O)c(C)c1C. The third-order valence-electron chi connectivity index (χ3n) is 9.22. The number of thioether (sulfide) groups is 2. The quantitative estimate of drug-likeness (QED) is 0.170. The highest BCUT2D eigenvalue weighted by Gasteiger charge is 2.43. The number of carbonyl (C=O) groups is 3. The highest BCUT2D eigenvalue weighted by atomic mass is 35.5. The number of aliphatic hydroxyl groups is 1. The van der Waals surface area contributed by atoms with Gasteiger partial charge in [-0.15, -0.1) is 11.8 Å². The van der Waals surface area contributed by atoms with Crippen molar-refractivity contribution in [3.63, 3.8) is 0 Å². The molecule has 6 nitrogen and oxygen atoms in total. The maximum absolute atomic E-state index is 13.6. The van der Waals surface area contributed by atoms with Gasteiger partial charge in [-0.2, -0.15) is 0 Å². The van der Waals surface area contributed by atoms with E-state index < -0.39 is 21.4 Å². The van der Waals surface area contributed by atoms with Crippen molar-refractivity contribution in [3.05, 3.63) is 102 Å². The molecule has 0 bridgehead atoms. The van der Waals surface area contributed by atoms with E-state index in [0.29, 0.717) is 32.5 Å². The first-order valence-electron chi connectivity index (χ1n) is 15.8. The zero-order chi connectivity index (χ0) is 37.2. The van der Waals surface area contributed by atoms with E-state index >= 15 is 0 Å². The van der Waals surface area contributed by atoms with E-state index in [9.17, 15) is 19.5 Å². The molecule has 1 aliphatic rings. The topological polar surface area (TPSA) is 89.9 Å². The van der Waals surface area contributed by atoms with Crippen molar-refractivity contribution in [2.24, 2.45) is 0 Å². The number of esters is 1. The Morgan fingerprint density at radius 3 is 1.90 bits per heavy atom. The molecule has 1 N–H and O–H groups in total. The van der Waals surface area contributed by atoms with Crippen LogP contribution in [0.15, 0.2) is 42.2 Å². The molecule has 1 heterocycles. The van der Waals surface area contributed by atoms with Crippen molar-refractivity contribution in [1.82, 2.24) is 0 Å². The van der Waals surface area contributed by atoms with Crippen molar-refractivity contribution < 1.29 is 29.0 Å². The Morgan fingerprint density at radius 1 is 0.900 bits per heavy atom. The minimum Gasteiger partial charge on any atom is -0.510 e. The molecule has 4 rings (SSSR count). The van der Waals surface area contributed by atoms with Gasteiger partial charge in [-0.1, -0.05) is 54.5 Å². The fourth-order valence-corrected chi connectivity index (χ4v) is 8.33. The van der Waals surface area contributed by atoms with Crippen LogP contribution in [-0.4, -0.2) is 45.7 Å². The lowest BCUT2D eigenvalue weighted by Gasteiger charge is -2.29. The summed E-state index contributed by atoms with van der Waals surface area (Å²) in [7, 11) is 2.92. The summed E-state index contributed by atoms with van der Waals surface area (Å²) in [5.74, 6) is -0.357. The Bertz CT molecular complexity index is 1810. The summed E-state index contributed by atoms with van der Waals surface area (Å²) in [5, 5.41) is 11.1. The zero-order valence-corrected chi connectivity index (χ0v) is 33.5. The van der Waals surface area contributed by atoms with Crippen LogP contribution in [0.3, 0.4) is 0 Å². The Labute approximate surface area is 316 Å². The Balaban J connectivity index is 0.000000373. The molecule has 1 atom stereocenters. The molecule has 0 fully saturated rings. The predicted molar refractivity (Wildman–Crippen MR) is 212 cm³/mol. The third-order valence-corrected chi connectivity index (χ3v) is 12.3. The number of hydrogen-bond donors (Lipinski definition) is 1. The number of Topliss-reactive ketones (excluding diaryl/α,β-unsaturated/α-hetero) is 1. The molecule has 0 saturated heterocycles. The molecule has 1 unspecified atom stereocenters. The number of aryl methyl sites for hydroxylation is 2. The third kappa shape index (κ3) is 9.11. The van der Waals surface area contributed by atoms with Gasteiger partial charge in [-0.3, -0.25) is 14.4 Å². The van der Waals surface area contributed by atoms with Crippen molar-refractivity contribution in [3.8, 4) is 5.75 Å². The van der Waals surface area contributed by atoms with E-state index in [-0.39, 0.29) is 24.1 Å². The maximum atomic E-state index is 13.6. The van der Waals surface area contributed by atoms with Crippen LogP contribution < -0.4 is 4.74 Å². The maximum Gasteiger partial charge on any atom is 0.320 e. The molecule has 272 valence electrons. The molecule has 50 heavy (non-hydrogen) atoms. The smallest absolute Gasteiger partial charge is 0.320 e. The van der Waals surface area contributed by atoms with Crippen LogP contribution in [0.1, 0.15) is 91.1 Å². The molecule has 0 aliphatic carbocycles. The van der Waals surface area contributed by atoms with Gasteiger partial charge >= 0.3 is 5.97 Å². The van der Waals surface area contributed by atoms with Gasteiger partial charge in [0, 0.05) is 21.4 Å². The van der Waals surface area contributed by atoms with Crippen molar-refractivity contribution in [2.45, 2.75) is 97.8 Å². The lowest BCUT2D eigenvalue weighted by molar-refractivity contribution is -0.146. The first-order chi connectivity index (χ1) is 22.7. The van der Waals surface area contributed by atoms with Gasteiger partial charge in [0.15, 0.2) is 5.78 Å². The molecular formula is C40H50Cl2O6S2. The van der Waals surface area contributed by atoms with Crippen molar-refractivity contribution in [1.29, 1.82) is 0 Å². The van der Waals surface area contributed by atoms with Crippen LogP contribution in [0.5, 0.6) is 5.75 Å². The Hall–Kier alpha value is -2.91. The van der Waals surface area contributed by atoms with Crippen LogP contribution in [0.4, 0.5) is 0 Å². The van der Waals surface area contributed by atoms with Gasteiger partial charge in [0.2, 0.25) is 5.12 Å². The van der Waals surface area contributed by atoms with Crippen LogP contribution in [0.2, 0.25) is 10.0 Å². The van der Waals surface area contributed by atoms with Crippen LogP contribution in [0, 0.1) is 41.5 Å². The molecule has 3 aromatic carbocycles. The number of methoxy groups -OCH3 is 2. The van der Waals surface area contributed by atoms with Crippen LogP contribution in [0.25, 0.3) is 5.57 Å². The van der Waals surface area contributed by atoms with Gasteiger partial charge in [-0.05, 0) is 138 Å². The van der Waals surface area contributed by atoms with E-state index in [0.717, 1.165) is 56.5 Å². The van der Waals surface area contributed by atoms with Gasteiger partial charge < -0.3 is 14.6 Å². The van der Waals surface area contributed by atoms with Gasteiger partial charge in [0.25, 0.3) is 0 Å². The monoisotopic (exact) mass is 760 g/mol. The van der Waals surface area contributed by atoms with Crippen LogP contribution >= 0.6 is 46.7 Å². The number of rotatable bonds is 9. The molecule has 0 spiro atoms. The number of carbonyl (C=O) groups excluding carboxylic acids is 3. The second kappa shape index (κ2) is 17.1. The molecule has 1 aliphatic heterocycles. The van der Waals surface area contributed by atoms with Gasteiger partial charge in [-0.25, -0.2) is 0 Å². The second-order valence-electron chi connectivity index (χ2n) is 13.2. The highest BCUT2D eigenvalue weighted by Crippen LogP contribution is 2.48. The molecule has 3 aromatic rings. The average Bonchev–Trinajstić information content (AvgIpc) is 3.25. The second-order valence-corrected chi connectivity index (χ2v) is 17.2. The lowest BCUT2D eigenvalue weighted by atomic mass is 9.84. The first-order valence-corrected chi connectivity index (χ1v) is 18.3. The Morgan fingerprint density at radius 2 is 1.42 bits per heavy atom. The fourth-order valence-electron chi connectivity index (χ4n) is 5.57. The van der Waals surface area contributed by atoms with Crippen LogP contribution in [-0.2, 0) is 24.9 Å². The number of halogens is 2. The fraction of sp³-hybridized carbons (Fsp3) is 0.425. The normalized spacial score (nSPS) is 14.4. The largest absolute Gasteiger partial charge is 0.510 e. The molecule has 0 amide bonds. The standard InChI is InChI=1S/C24H29ClO4S.C15H17ClO2S.CH4/c1-14-12-19(25)20(16(3)15(14)2)21(23(27)29-7)22(26)24(4,5)30-13-17-8-10-18(28-6)11-9-17;1-7-6-10(16)11(9(3)8(7)2)12-13(17)15(4,5)19-14(12)18;/h8-12,21H,13H2,1-7H3;6,17H,1-5H3;1H4. The number of aliphatic hydroxyl groups excluding tert-OH is 1. The summed E-state index contributed by atoms with van der Waals surface area (Å²) in [4.78, 5) is 38.5. The summed E-state index contributed by atoms with van der Waals surface area (Å²) in [6.45, 7) is 19.1. The van der Waals surface area contributed by atoms with E-state index in [1.54, 1.807) is 13.2 Å². The highest BCUT2D eigenvalue weighted by molar-refractivity contribution is 8.16. The molecule has 10 heteroatoms. The summed E-state index contributed by atoms with van der Waals surface area (Å²) >= 11 is 15.4. The molecular weight excluding hydrogens is 711 g/mol. The van der Waals surface area contributed by atoms with E-state index in [2.05, 4.69) is 0 Å². The summed E-state index contributed by atoms with van der Waals surface area (Å²) in [6, 6.07) is 11.4. The summed E-state index contributed by atoms with van der Waals surface area (Å²) < 4.78 is 8.79. The van der Waals surface area contributed by atoms with E-state index in [4.69, 9.17) is 32.7 Å². The average molecular weight is 762 g/mol. The minimum absolute atomic E-state index is 0. The minimum atomic E-state index is -1.07. The van der Waals surface area contributed by atoms with Gasteiger partial charge in [0.1, 0.15) is 17.4 Å². The molecule has 0 radical (unpaired) electrons. The van der Waals surface area contributed by atoms with Crippen molar-refractivity contribution in [2.75, 3.05) is 14.2 Å². The van der Waals surface area contributed by atoms with Gasteiger partial charge in [0.05, 0.1) is 29.3 Å². The molecule has 0 saturated carbocycles. The number of hydrogen-bond acceptors (Lipinski definition) is 8. The molecule has 0 aromatic heterocycles. The number of ketones is 1.